The summed E-state index contributed by atoms with van der Waals surface area (Å²) in [6.07, 6.45) is 33.5. The van der Waals surface area contributed by atoms with Crippen molar-refractivity contribution in [1.82, 2.24) is 10.6 Å². The van der Waals surface area contributed by atoms with Crippen molar-refractivity contribution in [2.75, 3.05) is 13.1 Å². The van der Waals surface area contributed by atoms with Gasteiger partial charge in [-0.15, -0.1) is 0 Å². The molecule has 1 rings (SSSR count). The number of hydrogen-bond acceptors (Lipinski definition) is 4. The molecule has 4 N–H and O–H groups in total. The van der Waals surface area contributed by atoms with Gasteiger partial charge in [0.2, 0.25) is 0 Å². The molecule has 0 amide bonds. The Morgan fingerprint density at radius 3 is 0.950 bits per heavy atom. The molecule has 1 fully saturated rings. The molecule has 0 bridgehead atoms. The normalized spacial score (nSPS) is 17.3. The van der Waals surface area contributed by atoms with Gasteiger partial charge in [-0.1, -0.05) is 128 Å². The molecule has 0 unspecified atom stereocenters. The van der Waals surface area contributed by atoms with E-state index < -0.39 is 11.9 Å². The highest BCUT2D eigenvalue weighted by Crippen LogP contribution is 2.19. The zero-order valence-corrected chi connectivity index (χ0v) is 26.1. The number of aliphatic carboxylic acids is 2. The van der Waals surface area contributed by atoms with E-state index >= 15 is 0 Å². The largest absolute Gasteiger partial charge is 0.481 e. The lowest BCUT2D eigenvalue weighted by Gasteiger charge is -2.33. The van der Waals surface area contributed by atoms with Gasteiger partial charge in [-0.25, -0.2) is 0 Å². The Hall–Kier alpha value is -1.14. The van der Waals surface area contributed by atoms with Gasteiger partial charge in [0.05, 0.1) is 0 Å². The van der Waals surface area contributed by atoms with E-state index in [4.69, 9.17) is 10.2 Å². The van der Waals surface area contributed by atoms with Crippen molar-refractivity contribution in [2.45, 2.75) is 192 Å². The fourth-order valence-corrected chi connectivity index (χ4v) is 6.18. The first-order chi connectivity index (χ1) is 19.6. The van der Waals surface area contributed by atoms with Gasteiger partial charge in [-0.3, -0.25) is 9.59 Å². The van der Waals surface area contributed by atoms with Crippen LogP contribution >= 0.6 is 0 Å². The van der Waals surface area contributed by atoms with Crippen molar-refractivity contribution in [3.63, 3.8) is 0 Å². The third-order valence-electron chi connectivity index (χ3n) is 8.71. The maximum Gasteiger partial charge on any atom is 0.303 e. The van der Waals surface area contributed by atoms with Gasteiger partial charge in [-0.2, -0.15) is 0 Å². The van der Waals surface area contributed by atoms with Crippen LogP contribution < -0.4 is 10.6 Å². The van der Waals surface area contributed by atoms with Gasteiger partial charge in [0, 0.05) is 24.9 Å². The Morgan fingerprint density at radius 1 is 0.425 bits per heavy atom. The third-order valence-corrected chi connectivity index (χ3v) is 8.71. The van der Waals surface area contributed by atoms with Crippen molar-refractivity contribution >= 4 is 11.9 Å². The molecule has 0 heterocycles. The number of rotatable bonds is 30. The maximum absolute atomic E-state index is 10.5. The molecule has 1 saturated carbocycles. The summed E-state index contributed by atoms with van der Waals surface area (Å²) in [6.45, 7) is 2.34. The molecule has 0 aromatic heterocycles. The Labute approximate surface area is 247 Å². The van der Waals surface area contributed by atoms with Crippen LogP contribution in [0.25, 0.3) is 0 Å². The second-order valence-electron chi connectivity index (χ2n) is 12.5. The lowest BCUT2D eigenvalue weighted by atomic mass is 9.90. The second kappa shape index (κ2) is 28.0. The minimum absolute atomic E-state index is 0.330. The van der Waals surface area contributed by atoms with Gasteiger partial charge in [0.1, 0.15) is 0 Å². The van der Waals surface area contributed by atoms with Gasteiger partial charge < -0.3 is 20.8 Å². The summed E-state index contributed by atoms with van der Waals surface area (Å²) in [5, 5.41) is 25.1. The summed E-state index contributed by atoms with van der Waals surface area (Å²) in [5.41, 5.74) is 0. The number of carboxylic acid groups (broad SMARTS) is 2. The van der Waals surface area contributed by atoms with Crippen molar-refractivity contribution < 1.29 is 19.8 Å². The molecule has 0 spiro atoms. The van der Waals surface area contributed by atoms with E-state index in [1.807, 2.05) is 0 Å². The number of nitrogens with one attached hydrogen (secondary N) is 2. The minimum atomic E-state index is -0.661. The van der Waals surface area contributed by atoms with Crippen LogP contribution in [0.1, 0.15) is 180 Å². The van der Waals surface area contributed by atoms with E-state index in [1.165, 1.54) is 154 Å². The van der Waals surface area contributed by atoms with E-state index in [2.05, 4.69) is 10.6 Å². The predicted molar refractivity (Wildman–Crippen MR) is 168 cm³/mol. The van der Waals surface area contributed by atoms with E-state index in [0.717, 1.165) is 25.7 Å². The summed E-state index contributed by atoms with van der Waals surface area (Å²) in [7, 11) is 0. The SMILES string of the molecule is O=C(O)CCCCCCCCCCCCCN[C@@H]1CCCC[C@H]1NCCCCCCCCCCCCCC(=O)O. The maximum atomic E-state index is 10.5. The first-order valence-corrected chi connectivity index (χ1v) is 17.5. The predicted octanol–water partition coefficient (Wildman–Crippen LogP) is 9.01. The first-order valence-electron chi connectivity index (χ1n) is 17.5. The number of carboxylic acids is 2. The summed E-state index contributed by atoms with van der Waals surface area (Å²) in [4.78, 5) is 21.0. The van der Waals surface area contributed by atoms with Gasteiger partial charge in [0.15, 0.2) is 0 Å². The average Bonchev–Trinajstić information content (AvgIpc) is 2.93. The lowest BCUT2D eigenvalue weighted by molar-refractivity contribution is -0.138. The Kier molecular flexibility index (Phi) is 25.8. The monoisotopic (exact) mass is 567 g/mol. The summed E-state index contributed by atoms with van der Waals surface area (Å²) >= 11 is 0. The summed E-state index contributed by atoms with van der Waals surface area (Å²) in [6, 6.07) is 1.32. The molecule has 6 heteroatoms. The highest BCUT2D eigenvalue weighted by molar-refractivity contribution is 5.66. The fraction of sp³-hybridized carbons (Fsp3) is 0.941. The summed E-state index contributed by atoms with van der Waals surface area (Å²) in [5.74, 6) is -1.32. The van der Waals surface area contributed by atoms with Crippen LogP contribution in [0, 0.1) is 0 Å². The van der Waals surface area contributed by atoms with Crippen molar-refractivity contribution in [1.29, 1.82) is 0 Å². The molecule has 0 radical (unpaired) electrons. The van der Waals surface area contributed by atoms with Crippen LogP contribution in [0.3, 0.4) is 0 Å². The lowest BCUT2D eigenvalue weighted by Crippen LogP contribution is -2.50. The molecule has 2 atom stereocenters. The zero-order chi connectivity index (χ0) is 28.9. The molecule has 6 nitrogen and oxygen atoms in total. The van der Waals surface area contributed by atoms with Crippen molar-refractivity contribution in [2.24, 2.45) is 0 Å². The molecule has 40 heavy (non-hydrogen) atoms. The third kappa shape index (κ3) is 24.6. The number of hydrogen-bond donors (Lipinski definition) is 4. The minimum Gasteiger partial charge on any atom is -0.481 e. The van der Waals surface area contributed by atoms with E-state index in [-0.39, 0.29) is 0 Å². The van der Waals surface area contributed by atoms with Gasteiger partial charge >= 0.3 is 11.9 Å². The Morgan fingerprint density at radius 2 is 0.675 bits per heavy atom. The first kappa shape index (κ1) is 36.9. The Bertz CT molecular complexity index is 536. The molecule has 1 aliphatic carbocycles. The van der Waals surface area contributed by atoms with Crippen LogP contribution in [-0.4, -0.2) is 47.3 Å². The topological polar surface area (TPSA) is 98.7 Å². The molecule has 1 aliphatic rings. The van der Waals surface area contributed by atoms with Crippen LogP contribution in [0.5, 0.6) is 0 Å². The van der Waals surface area contributed by atoms with Crippen LogP contribution in [0.4, 0.5) is 0 Å². The molecule has 0 aromatic carbocycles. The van der Waals surface area contributed by atoms with Crippen molar-refractivity contribution in [3.05, 3.63) is 0 Å². The molecule has 0 saturated heterocycles. The highest BCUT2D eigenvalue weighted by Gasteiger charge is 2.23. The molecule has 236 valence electrons. The molecule has 0 aromatic rings. The fourth-order valence-electron chi connectivity index (χ4n) is 6.18. The number of unbranched alkanes of at least 4 members (excludes halogenated alkanes) is 20. The molecular weight excluding hydrogens is 500 g/mol. The Balaban J connectivity index is 1.87. The summed E-state index contributed by atoms with van der Waals surface area (Å²) < 4.78 is 0. The number of carbonyl (C=O) groups is 2. The zero-order valence-electron chi connectivity index (χ0n) is 26.1. The highest BCUT2D eigenvalue weighted by atomic mass is 16.4. The van der Waals surface area contributed by atoms with Gasteiger partial charge in [0.25, 0.3) is 0 Å². The average molecular weight is 567 g/mol. The standard InChI is InChI=1S/C34H66N2O4/c37-33(38)27-19-15-11-7-3-1-5-9-13-17-23-29-35-31-25-21-22-26-32(31)36-30-24-18-14-10-6-2-4-8-12-16-20-28-34(39)40/h31-32,35-36H,1-30H2,(H,37,38)(H,39,40)/t31-,32-/m1/s1. The van der Waals surface area contributed by atoms with Gasteiger partial charge in [-0.05, 0) is 51.6 Å². The van der Waals surface area contributed by atoms with E-state index in [1.54, 1.807) is 0 Å². The molecular formula is C34H66N2O4. The van der Waals surface area contributed by atoms with Crippen molar-refractivity contribution in [3.8, 4) is 0 Å². The van der Waals surface area contributed by atoms with Crippen LogP contribution in [0.2, 0.25) is 0 Å². The van der Waals surface area contributed by atoms with Crippen LogP contribution in [-0.2, 0) is 9.59 Å². The second-order valence-corrected chi connectivity index (χ2v) is 12.5. The quantitative estimate of drug-likeness (QED) is 0.0648. The smallest absolute Gasteiger partial charge is 0.303 e. The van der Waals surface area contributed by atoms with Crippen LogP contribution in [0.15, 0.2) is 0 Å². The van der Waals surface area contributed by atoms with E-state index in [0.29, 0.717) is 24.9 Å². The molecule has 0 aliphatic heterocycles. The van der Waals surface area contributed by atoms with E-state index in [9.17, 15) is 9.59 Å².